The molecule has 1 aliphatic carbocycles. The van der Waals surface area contributed by atoms with Crippen LogP contribution in [0.3, 0.4) is 0 Å². The molecule has 0 radical (unpaired) electrons. The normalized spacial score (nSPS) is 13.3. The summed E-state index contributed by atoms with van der Waals surface area (Å²) in [5, 5.41) is 0. The Hall–Kier alpha value is -2.87. The minimum Gasteiger partial charge on any atom is -0.341 e. The number of H-pyrrole nitrogens is 1. The van der Waals surface area contributed by atoms with Crippen molar-refractivity contribution in [1.29, 1.82) is 0 Å². The van der Waals surface area contributed by atoms with Gasteiger partial charge in [-0.1, -0.05) is 54.6 Å². The SMILES string of the molecule is Cc1ccc2nc(C3c4ccccc4-c4ccccc43)[nH]c2c1. The molecule has 0 atom stereocenters. The molecule has 2 heteroatoms. The van der Waals surface area contributed by atoms with Crippen LogP contribution in [0, 0.1) is 6.92 Å². The first kappa shape index (κ1) is 12.7. The smallest absolute Gasteiger partial charge is 0.119 e. The van der Waals surface area contributed by atoms with Crippen LogP contribution in [0.2, 0.25) is 0 Å². The molecule has 0 bridgehead atoms. The van der Waals surface area contributed by atoms with Crippen molar-refractivity contribution in [1.82, 2.24) is 9.97 Å². The highest BCUT2D eigenvalue weighted by atomic mass is 14.9. The Morgan fingerprint density at radius 3 is 2.17 bits per heavy atom. The lowest BCUT2D eigenvalue weighted by Crippen LogP contribution is -2.01. The first-order valence-electron chi connectivity index (χ1n) is 7.96. The number of imidazole rings is 1. The molecule has 3 aromatic carbocycles. The maximum atomic E-state index is 4.88. The number of nitrogens with one attached hydrogen (secondary N) is 1. The van der Waals surface area contributed by atoms with Crippen LogP contribution in [-0.4, -0.2) is 9.97 Å². The van der Waals surface area contributed by atoms with Crippen LogP contribution in [-0.2, 0) is 0 Å². The van der Waals surface area contributed by atoms with Gasteiger partial charge in [-0.3, -0.25) is 0 Å². The summed E-state index contributed by atoms with van der Waals surface area (Å²) in [5.41, 5.74) is 8.72. The first-order valence-corrected chi connectivity index (χ1v) is 7.96. The Morgan fingerprint density at radius 1 is 0.826 bits per heavy atom. The van der Waals surface area contributed by atoms with Gasteiger partial charge < -0.3 is 4.98 Å². The van der Waals surface area contributed by atoms with E-state index >= 15 is 0 Å². The van der Waals surface area contributed by atoms with Gasteiger partial charge in [-0.25, -0.2) is 4.98 Å². The summed E-state index contributed by atoms with van der Waals surface area (Å²) in [6.07, 6.45) is 0. The molecular formula is C21H16N2. The molecule has 0 saturated carbocycles. The van der Waals surface area contributed by atoms with E-state index in [1.165, 1.54) is 27.8 Å². The number of aryl methyl sites for hydroxylation is 1. The van der Waals surface area contributed by atoms with Crippen molar-refractivity contribution in [3.8, 4) is 11.1 Å². The molecule has 23 heavy (non-hydrogen) atoms. The van der Waals surface area contributed by atoms with Gasteiger partial charge in [-0.2, -0.15) is 0 Å². The second kappa shape index (κ2) is 4.56. The maximum absolute atomic E-state index is 4.88. The third-order valence-electron chi connectivity index (χ3n) is 4.76. The molecule has 0 aliphatic heterocycles. The van der Waals surface area contributed by atoms with Gasteiger partial charge in [0, 0.05) is 0 Å². The molecule has 0 unspecified atom stereocenters. The minimum absolute atomic E-state index is 0.190. The Balaban J connectivity index is 1.78. The minimum atomic E-state index is 0.190. The van der Waals surface area contributed by atoms with Crippen molar-refractivity contribution in [3.05, 3.63) is 89.2 Å². The molecule has 0 amide bonds. The molecule has 1 N–H and O–H groups in total. The average molecular weight is 296 g/mol. The van der Waals surface area contributed by atoms with Gasteiger partial charge >= 0.3 is 0 Å². The number of hydrogen-bond acceptors (Lipinski definition) is 1. The average Bonchev–Trinajstić information content (AvgIpc) is 3.12. The maximum Gasteiger partial charge on any atom is 0.119 e. The molecule has 0 fully saturated rings. The number of aromatic amines is 1. The molecular weight excluding hydrogens is 280 g/mol. The van der Waals surface area contributed by atoms with Crippen LogP contribution in [0.15, 0.2) is 66.7 Å². The van der Waals surface area contributed by atoms with Gasteiger partial charge in [0.15, 0.2) is 0 Å². The van der Waals surface area contributed by atoms with Crippen LogP contribution in [0.25, 0.3) is 22.2 Å². The van der Waals surface area contributed by atoms with Crippen molar-refractivity contribution in [2.24, 2.45) is 0 Å². The van der Waals surface area contributed by atoms with Gasteiger partial charge in [0.05, 0.1) is 17.0 Å². The third kappa shape index (κ3) is 1.78. The highest BCUT2D eigenvalue weighted by Gasteiger charge is 2.31. The fourth-order valence-corrected chi connectivity index (χ4v) is 3.73. The van der Waals surface area contributed by atoms with E-state index in [4.69, 9.17) is 4.98 Å². The number of benzene rings is 3. The van der Waals surface area contributed by atoms with Crippen molar-refractivity contribution in [2.75, 3.05) is 0 Å². The van der Waals surface area contributed by atoms with E-state index in [0.29, 0.717) is 0 Å². The number of fused-ring (bicyclic) bond motifs is 4. The first-order chi connectivity index (χ1) is 11.3. The highest BCUT2D eigenvalue weighted by molar-refractivity contribution is 5.82. The van der Waals surface area contributed by atoms with Crippen molar-refractivity contribution >= 4 is 11.0 Å². The molecule has 1 heterocycles. The van der Waals surface area contributed by atoms with Gasteiger partial charge in [-0.05, 0) is 46.9 Å². The van der Waals surface area contributed by atoms with E-state index in [2.05, 4.69) is 78.6 Å². The summed E-state index contributed by atoms with van der Waals surface area (Å²) in [7, 11) is 0. The summed E-state index contributed by atoms with van der Waals surface area (Å²) in [6, 6.07) is 23.7. The fraction of sp³-hybridized carbons (Fsp3) is 0.0952. The second-order valence-corrected chi connectivity index (χ2v) is 6.25. The third-order valence-corrected chi connectivity index (χ3v) is 4.76. The Kier molecular flexibility index (Phi) is 2.51. The summed E-state index contributed by atoms with van der Waals surface area (Å²) in [4.78, 5) is 8.43. The molecule has 4 aromatic rings. The lowest BCUT2D eigenvalue weighted by molar-refractivity contribution is 0.915. The van der Waals surface area contributed by atoms with Crippen molar-refractivity contribution < 1.29 is 0 Å². The predicted molar refractivity (Wildman–Crippen MR) is 93.7 cm³/mol. The van der Waals surface area contributed by atoms with Crippen LogP contribution in [0.1, 0.15) is 28.4 Å². The summed E-state index contributed by atoms with van der Waals surface area (Å²) in [6.45, 7) is 2.11. The second-order valence-electron chi connectivity index (χ2n) is 6.25. The number of nitrogens with zero attached hydrogens (tertiary/aromatic N) is 1. The van der Waals surface area contributed by atoms with E-state index in [1.807, 2.05) is 0 Å². The van der Waals surface area contributed by atoms with Crippen LogP contribution in [0.5, 0.6) is 0 Å². The van der Waals surface area contributed by atoms with Crippen LogP contribution >= 0.6 is 0 Å². The largest absolute Gasteiger partial charge is 0.341 e. The summed E-state index contributed by atoms with van der Waals surface area (Å²) < 4.78 is 0. The van der Waals surface area contributed by atoms with Gasteiger partial charge in [-0.15, -0.1) is 0 Å². The number of hydrogen-bond donors (Lipinski definition) is 1. The quantitative estimate of drug-likeness (QED) is 0.461. The zero-order chi connectivity index (χ0) is 15.4. The summed E-state index contributed by atoms with van der Waals surface area (Å²) >= 11 is 0. The van der Waals surface area contributed by atoms with Crippen LogP contribution < -0.4 is 0 Å². The lowest BCUT2D eigenvalue weighted by atomic mass is 9.96. The molecule has 2 nitrogen and oxygen atoms in total. The van der Waals surface area contributed by atoms with E-state index in [-0.39, 0.29) is 5.92 Å². The molecule has 110 valence electrons. The highest BCUT2D eigenvalue weighted by Crippen LogP contribution is 2.47. The standard InChI is InChI=1S/C21H16N2/c1-13-10-11-18-19(12-13)23-21(22-18)20-16-8-4-2-6-14(16)15-7-3-5-9-17(15)20/h2-12,20H,1H3,(H,22,23). The number of rotatable bonds is 1. The molecule has 0 spiro atoms. The van der Waals surface area contributed by atoms with Gasteiger partial charge in [0.2, 0.25) is 0 Å². The molecule has 0 saturated heterocycles. The van der Waals surface area contributed by atoms with E-state index in [9.17, 15) is 0 Å². The molecule has 1 aliphatic rings. The Bertz CT molecular complexity index is 997. The zero-order valence-electron chi connectivity index (χ0n) is 12.9. The van der Waals surface area contributed by atoms with E-state index in [0.717, 1.165) is 16.9 Å². The Labute approximate surface area is 134 Å². The molecule has 1 aromatic heterocycles. The fourth-order valence-electron chi connectivity index (χ4n) is 3.73. The lowest BCUT2D eigenvalue weighted by Gasteiger charge is -2.10. The zero-order valence-corrected chi connectivity index (χ0v) is 12.9. The van der Waals surface area contributed by atoms with E-state index < -0.39 is 0 Å². The number of aromatic nitrogens is 2. The molecule has 5 rings (SSSR count). The van der Waals surface area contributed by atoms with Gasteiger partial charge in [0.25, 0.3) is 0 Å². The summed E-state index contributed by atoms with van der Waals surface area (Å²) in [5.74, 6) is 1.22. The topological polar surface area (TPSA) is 28.7 Å². The van der Waals surface area contributed by atoms with Crippen molar-refractivity contribution in [3.63, 3.8) is 0 Å². The predicted octanol–water partition coefficient (Wildman–Crippen LogP) is 5.03. The van der Waals surface area contributed by atoms with Crippen LogP contribution in [0.4, 0.5) is 0 Å². The van der Waals surface area contributed by atoms with E-state index in [1.54, 1.807) is 0 Å². The monoisotopic (exact) mass is 296 g/mol. The van der Waals surface area contributed by atoms with Crippen molar-refractivity contribution in [2.45, 2.75) is 12.8 Å². The Morgan fingerprint density at radius 2 is 1.48 bits per heavy atom. The van der Waals surface area contributed by atoms with Gasteiger partial charge in [0.1, 0.15) is 5.82 Å².